The molecule has 0 aliphatic carbocycles. The Morgan fingerprint density at radius 2 is 2.21 bits per heavy atom. The third-order valence-electron chi connectivity index (χ3n) is 3.11. The lowest BCUT2D eigenvalue weighted by Gasteiger charge is -2.37. The lowest BCUT2D eigenvalue weighted by Crippen LogP contribution is -2.43. The van der Waals surface area contributed by atoms with Crippen molar-refractivity contribution in [2.24, 2.45) is 11.3 Å². The SMILES string of the molecule is CCOC(=O)C(C#N)CCCCOCC1(C)COC1. The molecule has 1 heterocycles. The normalized spacial score (nSPS) is 18.2. The third-order valence-corrected chi connectivity index (χ3v) is 3.11. The van der Waals surface area contributed by atoms with Crippen LogP contribution >= 0.6 is 0 Å². The van der Waals surface area contributed by atoms with Crippen molar-refractivity contribution in [1.29, 1.82) is 5.26 Å². The van der Waals surface area contributed by atoms with Crippen LogP contribution in [-0.2, 0) is 19.0 Å². The highest BCUT2D eigenvalue weighted by Crippen LogP contribution is 2.26. The first-order chi connectivity index (χ1) is 9.11. The molecule has 1 rings (SSSR count). The molecule has 19 heavy (non-hydrogen) atoms. The maximum absolute atomic E-state index is 11.4. The van der Waals surface area contributed by atoms with E-state index in [4.69, 9.17) is 19.5 Å². The summed E-state index contributed by atoms with van der Waals surface area (Å²) in [7, 11) is 0. The summed E-state index contributed by atoms with van der Waals surface area (Å²) in [6, 6.07) is 1.99. The maximum atomic E-state index is 11.4. The van der Waals surface area contributed by atoms with E-state index >= 15 is 0 Å². The van der Waals surface area contributed by atoms with E-state index in [-0.39, 0.29) is 5.41 Å². The molecule has 0 amide bonds. The van der Waals surface area contributed by atoms with Crippen molar-refractivity contribution in [3.63, 3.8) is 0 Å². The number of carbonyl (C=O) groups is 1. The van der Waals surface area contributed by atoms with Crippen molar-refractivity contribution in [1.82, 2.24) is 0 Å². The van der Waals surface area contributed by atoms with E-state index in [2.05, 4.69) is 6.92 Å². The second-order valence-electron chi connectivity index (χ2n) is 5.29. The van der Waals surface area contributed by atoms with Crippen LogP contribution in [0.1, 0.15) is 33.1 Å². The van der Waals surface area contributed by atoms with Gasteiger partial charge >= 0.3 is 5.97 Å². The third kappa shape index (κ3) is 5.58. The second-order valence-corrected chi connectivity index (χ2v) is 5.29. The Bertz CT molecular complexity index is 320. The number of rotatable bonds is 9. The Balaban J connectivity index is 2.03. The van der Waals surface area contributed by atoms with Gasteiger partial charge in [-0.2, -0.15) is 5.26 Å². The number of nitriles is 1. The van der Waals surface area contributed by atoms with Crippen molar-refractivity contribution in [2.75, 3.05) is 33.0 Å². The largest absolute Gasteiger partial charge is 0.465 e. The lowest BCUT2D eigenvalue weighted by molar-refractivity contribution is -0.146. The predicted octanol–water partition coefficient (Wildman–Crippen LogP) is 1.91. The first-order valence-corrected chi connectivity index (χ1v) is 6.83. The molecule has 5 nitrogen and oxygen atoms in total. The zero-order valence-corrected chi connectivity index (χ0v) is 11.8. The van der Waals surface area contributed by atoms with Crippen molar-refractivity contribution in [2.45, 2.75) is 33.1 Å². The Labute approximate surface area is 114 Å². The number of ether oxygens (including phenoxy) is 3. The fourth-order valence-corrected chi connectivity index (χ4v) is 1.88. The van der Waals surface area contributed by atoms with Crippen molar-refractivity contribution in [3.05, 3.63) is 0 Å². The molecule has 0 N–H and O–H groups in total. The Hall–Kier alpha value is -1.12. The van der Waals surface area contributed by atoms with Crippen LogP contribution in [0.5, 0.6) is 0 Å². The molecule has 108 valence electrons. The van der Waals surface area contributed by atoms with Gasteiger partial charge in [0.1, 0.15) is 5.92 Å². The molecule has 1 saturated heterocycles. The fourth-order valence-electron chi connectivity index (χ4n) is 1.88. The average Bonchev–Trinajstić information content (AvgIpc) is 2.36. The minimum atomic E-state index is -0.641. The van der Waals surface area contributed by atoms with Gasteiger partial charge in [0.15, 0.2) is 0 Å². The van der Waals surface area contributed by atoms with Gasteiger partial charge in [-0.05, 0) is 26.2 Å². The summed E-state index contributed by atoms with van der Waals surface area (Å²) in [5.74, 6) is -1.05. The van der Waals surface area contributed by atoms with Crippen LogP contribution in [-0.4, -0.2) is 39.0 Å². The molecule has 0 aromatic heterocycles. The van der Waals surface area contributed by atoms with Gasteiger partial charge in [0, 0.05) is 12.0 Å². The number of hydrogen-bond acceptors (Lipinski definition) is 5. The molecule has 1 aliphatic rings. The molecule has 1 atom stereocenters. The Morgan fingerprint density at radius 3 is 2.74 bits per heavy atom. The van der Waals surface area contributed by atoms with Crippen LogP contribution in [0.3, 0.4) is 0 Å². The number of nitrogens with zero attached hydrogens (tertiary/aromatic N) is 1. The Morgan fingerprint density at radius 1 is 1.47 bits per heavy atom. The molecule has 1 aliphatic heterocycles. The summed E-state index contributed by atoms with van der Waals surface area (Å²) in [5, 5.41) is 8.88. The highest BCUT2D eigenvalue weighted by Gasteiger charge is 2.33. The van der Waals surface area contributed by atoms with E-state index in [0.29, 0.717) is 26.2 Å². The van der Waals surface area contributed by atoms with Gasteiger partial charge in [0.05, 0.1) is 32.5 Å². The molecular weight excluding hydrogens is 246 g/mol. The molecule has 0 bridgehead atoms. The predicted molar refractivity (Wildman–Crippen MR) is 69.3 cm³/mol. The van der Waals surface area contributed by atoms with Crippen molar-refractivity contribution >= 4 is 5.97 Å². The monoisotopic (exact) mass is 269 g/mol. The van der Waals surface area contributed by atoms with Gasteiger partial charge in [-0.25, -0.2) is 0 Å². The molecular formula is C14H23NO4. The van der Waals surface area contributed by atoms with E-state index < -0.39 is 11.9 Å². The number of unbranched alkanes of at least 4 members (excludes halogenated alkanes) is 1. The summed E-state index contributed by atoms with van der Waals surface area (Å²) in [6.07, 6.45) is 2.19. The van der Waals surface area contributed by atoms with Gasteiger partial charge in [-0.15, -0.1) is 0 Å². The average molecular weight is 269 g/mol. The van der Waals surface area contributed by atoms with Crippen LogP contribution in [0.2, 0.25) is 0 Å². The molecule has 1 fully saturated rings. The molecule has 0 saturated carbocycles. The standard InChI is InChI=1S/C14H23NO4/c1-3-19-13(16)12(8-15)6-4-5-7-17-9-14(2)10-18-11-14/h12H,3-7,9-11H2,1-2H3. The molecule has 5 heteroatoms. The van der Waals surface area contributed by atoms with E-state index in [9.17, 15) is 4.79 Å². The highest BCUT2D eigenvalue weighted by atomic mass is 16.5. The first kappa shape index (κ1) is 15.9. The molecule has 0 spiro atoms. The second kappa shape index (κ2) is 8.13. The van der Waals surface area contributed by atoms with Crippen molar-refractivity contribution in [3.8, 4) is 6.07 Å². The zero-order valence-electron chi connectivity index (χ0n) is 11.8. The first-order valence-electron chi connectivity index (χ1n) is 6.83. The summed E-state index contributed by atoms with van der Waals surface area (Å²) >= 11 is 0. The summed E-state index contributed by atoms with van der Waals surface area (Å²) in [4.78, 5) is 11.4. The quantitative estimate of drug-likeness (QED) is 0.472. The summed E-state index contributed by atoms with van der Waals surface area (Å²) < 4.78 is 15.6. The highest BCUT2D eigenvalue weighted by molar-refractivity contribution is 5.75. The van der Waals surface area contributed by atoms with Gasteiger partial charge in [0.2, 0.25) is 0 Å². The molecule has 0 aromatic carbocycles. The topological polar surface area (TPSA) is 68.6 Å². The lowest BCUT2D eigenvalue weighted by atomic mass is 9.90. The van der Waals surface area contributed by atoms with Crippen molar-refractivity contribution < 1.29 is 19.0 Å². The van der Waals surface area contributed by atoms with Crippen LogP contribution < -0.4 is 0 Å². The number of carbonyl (C=O) groups excluding carboxylic acids is 1. The van der Waals surface area contributed by atoms with Gasteiger partial charge in [0.25, 0.3) is 0 Å². The van der Waals surface area contributed by atoms with Crippen LogP contribution in [0.4, 0.5) is 0 Å². The number of esters is 1. The smallest absolute Gasteiger partial charge is 0.323 e. The van der Waals surface area contributed by atoms with Crippen LogP contribution in [0.15, 0.2) is 0 Å². The minimum Gasteiger partial charge on any atom is -0.465 e. The van der Waals surface area contributed by atoms with Gasteiger partial charge in [-0.3, -0.25) is 4.79 Å². The number of hydrogen-bond donors (Lipinski definition) is 0. The van der Waals surface area contributed by atoms with Gasteiger partial charge < -0.3 is 14.2 Å². The van der Waals surface area contributed by atoms with E-state index in [1.165, 1.54) is 0 Å². The summed E-state index contributed by atoms with van der Waals surface area (Å²) in [5.41, 5.74) is 0.181. The van der Waals surface area contributed by atoms with Crippen LogP contribution in [0.25, 0.3) is 0 Å². The zero-order chi connectivity index (χ0) is 14.1. The molecule has 0 radical (unpaired) electrons. The van der Waals surface area contributed by atoms with Crippen LogP contribution in [0, 0.1) is 22.7 Å². The van der Waals surface area contributed by atoms with Gasteiger partial charge in [-0.1, -0.05) is 6.92 Å². The summed E-state index contributed by atoms with van der Waals surface area (Å²) in [6.45, 7) is 7.12. The van der Waals surface area contributed by atoms with E-state index in [1.807, 2.05) is 6.07 Å². The molecule has 1 unspecified atom stereocenters. The fraction of sp³-hybridized carbons (Fsp3) is 0.857. The maximum Gasteiger partial charge on any atom is 0.323 e. The van der Waals surface area contributed by atoms with E-state index in [1.54, 1.807) is 6.92 Å². The minimum absolute atomic E-state index is 0.181. The van der Waals surface area contributed by atoms with E-state index in [0.717, 1.165) is 26.1 Å². The Kier molecular flexibility index (Phi) is 6.82. The molecule has 0 aromatic rings.